The molecule has 0 unspecified atom stereocenters. The first-order valence-electron chi connectivity index (χ1n) is 7.36. The van der Waals surface area contributed by atoms with E-state index in [0.717, 1.165) is 11.2 Å². The molecule has 124 valence electrons. The molecule has 25 heavy (non-hydrogen) atoms. The van der Waals surface area contributed by atoms with Gasteiger partial charge in [-0.05, 0) is 73.8 Å². The highest BCUT2D eigenvalue weighted by Crippen LogP contribution is 2.34. The molecule has 4 aromatic rings. The predicted molar refractivity (Wildman–Crippen MR) is 104 cm³/mol. The maximum Gasteiger partial charge on any atom is 0.168 e. The Bertz CT molecular complexity index is 1060. The van der Waals surface area contributed by atoms with Crippen LogP contribution in [0.15, 0.2) is 73.3 Å². The van der Waals surface area contributed by atoms with Crippen molar-refractivity contribution in [3.05, 3.63) is 69.4 Å². The summed E-state index contributed by atoms with van der Waals surface area (Å²) in [7, 11) is 0. The number of aliphatic imine (C=N–C) groups is 1. The number of nitrogens with zero attached hydrogens (tertiary/aromatic N) is 3. The van der Waals surface area contributed by atoms with Gasteiger partial charge in [-0.2, -0.15) is 0 Å². The summed E-state index contributed by atoms with van der Waals surface area (Å²) < 4.78 is 8.58. The third-order valence-corrected chi connectivity index (χ3v) is 4.84. The number of imidazole rings is 1. The molecule has 0 radical (unpaired) electrons. The van der Waals surface area contributed by atoms with E-state index < -0.39 is 0 Å². The van der Waals surface area contributed by atoms with Gasteiger partial charge >= 0.3 is 0 Å². The number of furan rings is 1. The Balaban J connectivity index is 1.85. The minimum absolute atomic E-state index is 0.156. The van der Waals surface area contributed by atoms with E-state index in [1.807, 2.05) is 40.9 Å². The van der Waals surface area contributed by atoms with Gasteiger partial charge in [-0.3, -0.25) is 4.40 Å². The highest BCUT2D eigenvalue weighted by molar-refractivity contribution is 9.11. The second-order valence-electron chi connectivity index (χ2n) is 5.28. The number of aromatic nitrogens is 2. The van der Waals surface area contributed by atoms with Crippen LogP contribution in [0.4, 0.5) is 5.82 Å². The van der Waals surface area contributed by atoms with E-state index in [2.05, 4.69) is 41.8 Å². The average Bonchev–Trinajstić information content (AvgIpc) is 3.25. The minimum Gasteiger partial charge on any atom is -0.506 e. The molecule has 0 saturated carbocycles. The molecule has 0 bridgehead atoms. The van der Waals surface area contributed by atoms with Crippen LogP contribution < -0.4 is 0 Å². The van der Waals surface area contributed by atoms with Crippen LogP contribution in [0.3, 0.4) is 0 Å². The van der Waals surface area contributed by atoms with Crippen molar-refractivity contribution in [2.24, 2.45) is 4.99 Å². The monoisotopic (exact) mass is 459 g/mol. The first-order chi connectivity index (χ1) is 12.1. The maximum atomic E-state index is 9.83. The number of fused-ring (bicyclic) bond motifs is 1. The molecule has 0 saturated heterocycles. The molecule has 0 atom stereocenters. The zero-order chi connectivity index (χ0) is 17.4. The zero-order valence-corrected chi connectivity index (χ0v) is 15.9. The van der Waals surface area contributed by atoms with Crippen LogP contribution in [0.1, 0.15) is 5.56 Å². The van der Waals surface area contributed by atoms with Crippen LogP contribution in [0, 0.1) is 0 Å². The Morgan fingerprint density at radius 1 is 1.12 bits per heavy atom. The van der Waals surface area contributed by atoms with E-state index in [9.17, 15) is 5.11 Å². The number of phenolic OH excluding ortho intramolecular Hbond substituents is 1. The van der Waals surface area contributed by atoms with Crippen molar-refractivity contribution in [2.75, 3.05) is 0 Å². The lowest BCUT2D eigenvalue weighted by Crippen LogP contribution is -1.86. The summed E-state index contributed by atoms with van der Waals surface area (Å²) in [6.45, 7) is 0. The van der Waals surface area contributed by atoms with Crippen molar-refractivity contribution >= 4 is 49.5 Å². The van der Waals surface area contributed by atoms with Crippen LogP contribution in [0.2, 0.25) is 0 Å². The van der Waals surface area contributed by atoms with E-state index in [0.29, 0.717) is 26.2 Å². The zero-order valence-electron chi connectivity index (χ0n) is 12.7. The van der Waals surface area contributed by atoms with Gasteiger partial charge < -0.3 is 9.52 Å². The van der Waals surface area contributed by atoms with Gasteiger partial charge in [0.1, 0.15) is 11.4 Å². The molecule has 0 aliphatic heterocycles. The van der Waals surface area contributed by atoms with Gasteiger partial charge in [0, 0.05) is 12.4 Å². The molecule has 0 spiro atoms. The summed E-state index contributed by atoms with van der Waals surface area (Å²) in [5.74, 6) is 1.48. The fourth-order valence-electron chi connectivity index (χ4n) is 2.48. The van der Waals surface area contributed by atoms with E-state index in [1.54, 1.807) is 24.6 Å². The number of halogens is 2. The number of phenols is 1. The minimum atomic E-state index is 0.156. The number of rotatable bonds is 3. The lowest BCUT2D eigenvalue weighted by Gasteiger charge is -2.02. The van der Waals surface area contributed by atoms with Crippen molar-refractivity contribution in [1.29, 1.82) is 0 Å². The van der Waals surface area contributed by atoms with Crippen LogP contribution in [0.25, 0.3) is 17.1 Å². The van der Waals surface area contributed by atoms with Crippen molar-refractivity contribution in [2.45, 2.75) is 0 Å². The Morgan fingerprint density at radius 3 is 2.64 bits per heavy atom. The van der Waals surface area contributed by atoms with E-state index in [-0.39, 0.29) is 5.75 Å². The van der Waals surface area contributed by atoms with Gasteiger partial charge in [0.15, 0.2) is 17.3 Å². The lowest BCUT2D eigenvalue weighted by atomic mass is 10.2. The summed E-state index contributed by atoms with van der Waals surface area (Å²) in [4.78, 5) is 9.24. The number of hydrogen-bond acceptors (Lipinski definition) is 4. The number of aromatic hydroxyl groups is 1. The standard InChI is InChI=1S/C18H11Br2N3O2/c19-12-8-11(9-13(20)17(12)24)10-21-18-16(14-4-3-7-25-14)22-15-5-1-2-6-23(15)18/h1-10,24H/b21-10+. The summed E-state index contributed by atoms with van der Waals surface area (Å²) in [6.07, 6.45) is 5.24. The number of benzene rings is 1. The fourth-order valence-corrected chi connectivity index (χ4v) is 3.70. The predicted octanol–water partition coefficient (Wildman–Crippen LogP) is 5.58. The van der Waals surface area contributed by atoms with Crippen LogP contribution in [0.5, 0.6) is 5.75 Å². The van der Waals surface area contributed by atoms with Gasteiger partial charge in [0.2, 0.25) is 0 Å². The summed E-state index contributed by atoms with van der Waals surface area (Å²) in [6, 6.07) is 13.0. The molecule has 4 rings (SSSR count). The third kappa shape index (κ3) is 3.01. The molecule has 3 aromatic heterocycles. The molecular weight excluding hydrogens is 450 g/mol. The normalized spacial score (nSPS) is 11.6. The van der Waals surface area contributed by atoms with Crippen molar-refractivity contribution < 1.29 is 9.52 Å². The summed E-state index contributed by atoms with van der Waals surface area (Å²) in [5.41, 5.74) is 2.28. The second kappa shape index (κ2) is 6.50. The average molecular weight is 461 g/mol. The van der Waals surface area contributed by atoms with Crippen molar-refractivity contribution in [3.63, 3.8) is 0 Å². The summed E-state index contributed by atoms with van der Waals surface area (Å²) in [5, 5.41) is 9.83. The Morgan fingerprint density at radius 2 is 1.92 bits per heavy atom. The lowest BCUT2D eigenvalue weighted by molar-refractivity contribution is 0.468. The third-order valence-electron chi connectivity index (χ3n) is 3.63. The SMILES string of the molecule is Oc1c(Br)cc(/C=N/c2c(-c3ccco3)nc3ccccn23)cc1Br. The topological polar surface area (TPSA) is 63.0 Å². The molecule has 1 N–H and O–H groups in total. The Hall–Kier alpha value is -2.38. The Kier molecular flexibility index (Phi) is 4.19. The molecule has 3 heterocycles. The second-order valence-corrected chi connectivity index (χ2v) is 6.99. The summed E-state index contributed by atoms with van der Waals surface area (Å²) >= 11 is 6.65. The largest absolute Gasteiger partial charge is 0.506 e. The smallest absolute Gasteiger partial charge is 0.168 e. The highest BCUT2D eigenvalue weighted by Gasteiger charge is 2.15. The van der Waals surface area contributed by atoms with Crippen LogP contribution >= 0.6 is 31.9 Å². The Labute approximate surface area is 159 Å². The molecule has 0 amide bonds. The number of hydrogen-bond donors (Lipinski definition) is 1. The van der Waals surface area contributed by atoms with E-state index >= 15 is 0 Å². The van der Waals surface area contributed by atoms with E-state index in [4.69, 9.17) is 4.42 Å². The van der Waals surface area contributed by atoms with Gasteiger partial charge in [0.25, 0.3) is 0 Å². The van der Waals surface area contributed by atoms with Crippen LogP contribution in [-0.2, 0) is 0 Å². The quantitative estimate of drug-likeness (QED) is 0.406. The molecule has 0 aliphatic carbocycles. The molecule has 0 aliphatic rings. The van der Waals surface area contributed by atoms with Gasteiger partial charge in [-0.1, -0.05) is 6.07 Å². The molecular formula is C18H11Br2N3O2. The number of pyridine rings is 1. The first kappa shape index (κ1) is 16.1. The van der Waals surface area contributed by atoms with Gasteiger partial charge in [-0.15, -0.1) is 0 Å². The van der Waals surface area contributed by atoms with Gasteiger partial charge in [-0.25, -0.2) is 9.98 Å². The molecule has 7 heteroatoms. The molecule has 5 nitrogen and oxygen atoms in total. The highest BCUT2D eigenvalue weighted by atomic mass is 79.9. The maximum absolute atomic E-state index is 9.83. The van der Waals surface area contributed by atoms with E-state index in [1.165, 1.54) is 0 Å². The van der Waals surface area contributed by atoms with Crippen LogP contribution in [-0.4, -0.2) is 20.7 Å². The fraction of sp³-hybridized carbons (Fsp3) is 0. The molecule has 0 fully saturated rings. The van der Waals surface area contributed by atoms with Crippen molar-refractivity contribution in [3.8, 4) is 17.2 Å². The molecule has 1 aromatic carbocycles. The van der Waals surface area contributed by atoms with Gasteiger partial charge in [0.05, 0.1) is 15.2 Å². The van der Waals surface area contributed by atoms with Crippen molar-refractivity contribution in [1.82, 2.24) is 9.38 Å². The first-order valence-corrected chi connectivity index (χ1v) is 8.95.